The highest BCUT2D eigenvalue weighted by atomic mass is 19.4. The smallest absolute Gasteiger partial charge is 0.343 e. The van der Waals surface area contributed by atoms with Gasteiger partial charge in [-0.25, -0.2) is 0 Å². The second-order valence-electron chi connectivity index (χ2n) is 5.80. The fourth-order valence-corrected chi connectivity index (χ4v) is 2.99. The highest BCUT2D eigenvalue weighted by Crippen LogP contribution is 2.42. The molecule has 1 saturated carbocycles. The second kappa shape index (κ2) is 5.72. The number of benzene rings is 2. The van der Waals surface area contributed by atoms with Crippen LogP contribution in [0.2, 0.25) is 0 Å². The van der Waals surface area contributed by atoms with E-state index < -0.39 is 23.2 Å². The van der Waals surface area contributed by atoms with E-state index in [0.29, 0.717) is 0 Å². The summed E-state index contributed by atoms with van der Waals surface area (Å²) >= 11 is 0. The average molecular weight is 319 g/mol. The van der Waals surface area contributed by atoms with Gasteiger partial charge in [-0.05, 0) is 37.0 Å². The Hall–Kier alpha value is -2.30. The van der Waals surface area contributed by atoms with Crippen LogP contribution < -0.4 is 5.32 Å². The molecule has 0 atom stereocenters. The van der Waals surface area contributed by atoms with Gasteiger partial charge in [0.1, 0.15) is 0 Å². The van der Waals surface area contributed by atoms with Crippen LogP contribution in [0.4, 0.5) is 13.2 Å². The summed E-state index contributed by atoms with van der Waals surface area (Å²) in [6.45, 7) is 0. The van der Waals surface area contributed by atoms with E-state index in [9.17, 15) is 18.0 Å². The molecule has 1 N–H and O–H groups in total. The Morgan fingerprint density at radius 3 is 2.13 bits per heavy atom. The lowest BCUT2D eigenvalue weighted by Crippen LogP contribution is -2.51. The molecule has 0 radical (unpaired) electrons. The van der Waals surface area contributed by atoms with Crippen LogP contribution in [0.15, 0.2) is 54.6 Å². The van der Waals surface area contributed by atoms with Crippen molar-refractivity contribution < 1.29 is 18.0 Å². The molecular formula is C18H16F3NO. The summed E-state index contributed by atoms with van der Waals surface area (Å²) in [6, 6.07) is 14.3. The summed E-state index contributed by atoms with van der Waals surface area (Å²) in [5, 5.41) is 2.84. The van der Waals surface area contributed by atoms with Crippen molar-refractivity contribution >= 4 is 5.91 Å². The Kier molecular flexibility index (Phi) is 3.88. The van der Waals surface area contributed by atoms with Gasteiger partial charge in [0.15, 0.2) is 0 Å². The lowest BCUT2D eigenvalue weighted by atomic mass is 9.71. The first kappa shape index (κ1) is 15.6. The number of carbonyl (C=O) groups is 1. The van der Waals surface area contributed by atoms with Crippen LogP contribution in [0.1, 0.15) is 40.7 Å². The summed E-state index contributed by atoms with van der Waals surface area (Å²) in [5.41, 5.74) is -0.858. The zero-order valence-corrected chi connectivity index (χ0v) is 12.4. The molecule has 0 unspecified atom stereocenters. The van der Waals surface area contributed by atoms with E-state index in [2.05, 4.69) is 5.32 Å². The summed E-state index contributed by atoms with van der Waals surface area (Å²) in [7, 11) is 0. The standard InChI is InChI=1S/C18H16F3NO/c19-18(20,21)15-10-5-4-9-14(15)16(23)22-17(11-6-12-17)13-7-2-1-3-8-13/h1-5,7-10H,6,11-12H2,(H,22,23). The molecule has 120 valence electrons. The SMILES string of the molecule is O=C(NC1(c2ccccc2)CCC1)c1ccccc1C(F)(F)F. The molecule has 23 heavy (non-hydrogen) atoms. The number of rotatable bonds is 3. The quantitative estimate of drug-likeness (QED) is 0.886. The minimum absolute atomic E-state index is 0.331. The molecule has 5 heteroatoms. The molecule has 1 amide bonds. The van der Waals surface area contributed by atoms with Crippen molar-refractivity contribution in [3.63, 3.8) is 0 Å². The maximum Gasteiger partial charge on any atom is 0.417 e. The van der Waals surface area contributed by atoms with Crippen LogP contribution in [0.25, 0.3) is 0 Å². The molecule has 1 aliphatic carbocycles. The Balaban J connectivity index is 1.91. The summed E-state index contributed by atoms with van der Waals surface area (Å²) in [5.74, 6) is -0.679. The number of hydrogen-bond acceptors (Lipinski definition) is 1. The maximum absolute atomic E-state index is 13.1. The van der Waals surface area contributed by atoms with Gasteiger partial charge in [-0.1, -0.05) is 42.5 Å². The fraction of sp³-hybridized carbons (Fsp3) is 0.278. The molecule has 2 aromatic rings. The van der Waals surface area contributed by atoms with Crippen molar-refractivity contribution in [3.05, 3.63) is 71.3 Å². The number of amides is 1. The number of hydrogen-bond donors (Lipinski definition) is 1. The number of carbonyl (C=O) groups excluding carboxylic acids is 1. The van der Waals surface area contributed by atoms with Gasteiger partial charge in [0, 0.05) is 0 Å². The van der Waals surface area contributed by atoms with Crippen molar-refractivity contribution in [2.75, 3.05) is 0 Å². The van der Waals surface area contributed by atoms with Gasteiger partial charge in [0.25, 0.3) is 5.91 Å². The summed E-state index contributed by atoms with van der Waals surface area (Å²) in [4.78, 5) is 12.5. The molecule has 1 aliphatic rings. The van der Waals surface area contributed by atoms with E-state index >= 15 is 0 Å². The van der Waals surface area contributed by atoms with Crippen molar-refractivity contribution in [1.29, 1.82) is 0 Å². The van der Waals surface area contributed by atoms with Crippen LogP contribution in [0.5, 0.6) is 0 Å². The van der Waals surface area contributed by atoms with Gasteiger partial charge in [0.2, 0.25) is 0 Å². The topological polar surface area (TPSA) is 29.1 Å². The monoisotopic (exact) mass is 319 g/mol. The van der Waals surface area contributed by atoms with Crippen LogP contribution in [-0.4, -0.2) is 5.91 Å². The van der Waals surface area contributed by atoms with E-state index in [4.69, 9.17) is 0 Å². The Labute approximate surface area is 132 Å². The number of halogens is 3. The third kappa shape index (κ3) is 2.96. The van der Waals surface area contributed by atoms with Crippen LogP contribution in [0, 0.1) is 0 Å². The molecule has 0 bridgehead atoms. The highest BCUT2D eigenvalue weighted by Gasteiger charge is 2.42. The molecule has 1 fully saturated rings. The van der Waals surface area contributed by atoms with Gasteiger partial charge in [-0.3, -0.25) is 4.79 Å². The summed E-state index contributed by atoms with van der Waals surface area (Å²) in [6.07, 6.45) is -2.14. The van der Waals surface area contributed by atoms with Crippen LogP contribution in [0.3, 0.4) is 0 Å². The van der Waals surface area contributed by atoms with E-state index in [0.717, 1.165) is 30.9 Å². The van der Waals surface area contributed by atoms with Gasteiger partial charge >= 0.3 is 6.18 Å². The number of alkyl halides is 3. The molecule has 3 rings (SSSR count). The minimum atomic E-state index is -4.55. The molecule has 0 saturated heterocycles. The first-order chi connectivity index (χ1) is 10.9. The molecule has 0 spiro atoms. The third-order valence-corrected chi connectivity index (χ3v) is 4.36. The fourth-order valence-electron chi connectivity index (χ4n) is 2.99. The summed E-state index contributed by atoms with van der Waals surface area (Å²) < 4.78 is 39.2. The first-order valence-electron chi connectivity index (χ1n) is 7.47. The number of nitrogens with one attached hydrogen (secondary N) is 1. The minimum Gasteiger partial charge on any atom is -0.343 e. The van der Waals surface area contributed by atoms with Crippen molar-refractivity contribution in [2.45, 2.75) is 31.0 Å². The molecule has 2 aromatic carbocycles. The predicted octanol–water partition coefficient (Wildman–Crippen LogP) is 4.51. The lowest BCUT2D eigenvalue weighted by Gasteiger charge is -2.43. The van der Waals surface area contributed by atoms with E-state index in [1.807, 2.05) is 30.3 Å². The predicted molar refractivity (Wildman–Crippen MR) is 80.9 cm³/mol. The van der Waals surface area contributed by atoms with E-state index in [1.165, 1.54) is 18.2 Å². The van der Waals surface area contributed by atoms with E-state index in [-0.39, 0.29) is 5.56 Å². The highest BCUT2D eigenvalue weighted by molar-refractivity contribution is 5.96. The molecule has 2 nitrogen and oxygen atoms in total. The van der Waals surface area contributed by atoms with Crippen molar-refractivity contribution in [2.24, 2.45) is 0 Å². The van der Waals surface area contributed by atoms with Crippen LogP contribution in [-0.2, 0) is 11.7 Å². The normalized spacial score (nSPS) is 16.5. The van der Waals surface area contributed by atoms with E-state index in [1.54, 1.807) is 0 Å². The van der Waals surface area contributed by atoms with Crippen molar-refractivity contribution in [3.8, 4) is 0 Å². The average Bonchev–Trinajstić information content (AvgIpc) is 2.51. The molecule has 0 aromatic heterocycles. The van der Waals surface area contributed by atoms with Gasteiger partial charge in [-0.15, -0.1) is 0 Å². The van der Waals surface area contributed by atoms with Gasteiger partial charge in [-0.2, -0.15) is 13.2 Å². The second-order valence-corrected chi connectivity index (χ2v) is 5.80. The lowest BCUT2D eigenvalue weighted by molar-refractivity contribution is -0.138. The Morgan fingerprint density at radius 1 is 0.957 bits per heavy atom. The largest absolute Gasteiger partial charge is 0.417 e. The molecule has 0 heterocycles. The van der Waals surface area contributed by atoms with Crippen LogP contribution >= 0.6 is 0 Å². The Morgan fingerprint density at radius 2 is 1.57 bits per heavy atom. The Bertz CT molecular complexity index is 706. The third-order valence-electron chi connectivity index (χ3n) is 4.36. The zero-order chi connectivity index (χ0) is 16.5. The zero-order valence-electron chi connectivity index (χ0n) is 12.4. The molecule has 0 aliphatic heterocycles. The molecular weight excluding hydrogens is 303 g/mol. The van der Waals surface area contributed by atoms with Gasteiger partial charge in [0.05, 0.1) is 16.7 Å². The first-order valence-corrected chi connectivity index (χ1v) is 7.47. The maximum atomic E-state index is 13.1. The van der Waals surface area contributed by atoms with Gasteiger partial charge < -0.3 is 5.32 Å². The van der Waals surface area contributed by atoms with Crippen molar-refractivity contribution in [1.82, 2.24) is 5.32 Å².